The van der Waals surface area contributed by atoms with Crippen LogP contribution in [0.15, 0.2) is 144 Å². The minimum absolute atomic E-state index is 0.0487. The normalized spacial score (nSPS) is 11.7. The average Bonchev–Trinajstić information content (AvgIpc) is 3.09. The smallest absolute Gasteiger partial charge is 0.272 e. The van der Waals surface area contributed by atoms with E-state index in [2.05, 4.69) is 16.0 Å². The molecule has 3 N–H and O–H groups in total. The molecular weight excluding hydrogens is 618 g/mol. The molecule has 0 fully saturated rings. The van der Waals surface area contributed by atoms with Crippen LogP contribution in [0.2, 0.25) is 5.02 Å². The van der Waals surface area contributed by atoms with Crippen molar-refractivity contribution >= 4 is 58.5 Å². The number of ether oxygens (including phenoxy) is 1. The first-order valence-electron chi connectivity index (χ1n) is 14.3. The van der Waals surface area contributed by atoms with Crippen molar-refractivity contribution in [1.82, 2.24) is 5.32 Å². The predicted octanol–water partition coefficient (Wildman–Crippen LogP) is 8.23. The number of benzene rings is 5. The fourth-order valence-corrected chi connectivity index (χ4v) is 5.71. The molecule has 0 heterocycles. The first kappa shape index (κ1) is 32.1. The van der Waals surface area contributed by atoms with Crippen molar-refractivity contribution in [3.05, 3.63) is 161 Å². The number of amides is 3. The largest absolute Gasteiger partial charge is 0.495 e. The van der Waals surface area contributed by atoms with Crippen LogP contribution in [0.3, 0.4) is 0 Å². The molecule has 230 valence electrons. The highest BCUT2D eigenvalue weighted by atomic mass is 35.5. The molecule has 0 bridgehead atoms. The minimum atomic E-state index is -0.609. The zero-order valence-corrected chi connectivity index (χ0v) is 26.3. The molecule has 0 aliphatic carbocycles. The molecule has 0 radical (unpaired) electrons. The van der Waals surface area contributed by atoms with E-state index in [9.17, 15) is 14.4 Å². The Balaban J connectivity index is 1.38. The molecule has 0 saturated heterocycles. The van der Waals surface area contributed by atoms with E-state index >= 15 is 0 Å². The Morgan fingerprint density at radius 3 is 2.15 bits per heavy atom. The second kappa shape index (κ2) is 15.6. The molecule has 5 aromatic rings. The zero-order valence-electron chi connectivity index (χ0n) is 24.8. The van der Waals surface area contributed by atoms with Crippen molar-refractivity contribution in [1.29, 1.82) is 0 Å². The molecule has 1 unspecified atom stereocenters. The number of nitrogens with one attached hydrogen (secondary N) is 3. The van der Waals surface area contributed by atoms with Crippen molar-refractivity contribution in [2.45, 2.75) is 10.1 Å². The van der Waals surface area contributed by atoms with Crippen molar-refractivity contribution < 1.29 is 19.1 Å². The van der Waals surface area contributed by atoms with Crippen molar-refractivity contribution in [2.24, 2.45) is 0 Å². The Labute approximate surface area is 276 Å². The Morgan fingerprint density at radius 2 is 1.43 bits per heavy atom. The van der Waals surface area contributed by atoms with E-state index in [-0.39, 0.29) is 11.6 Å². The van der Waals surface area contributed by atoms with Crippen LogP contribution >= 0.6 is 23.4 Å². The van der Waals surface area contributed by atoms with Gasteiger partial charge >= 0.3 is 0 Å². The second-order valence-electron chi connectivity index (χ2n) is 10.0. The number of hydrogen-bond donors (Lipinski definition) is 3. The first-order chi connectivity index (χ1) is 22.4. The van der Waals surface area contributed by atoms with E-state index in [1.807, 2.05) is 54.6 Å². The highest BCUT2D eigenvalue weighted by Crippen LogP contribution is 2.38. The van der Waals surface area contributed by atoms with Gasteiger partial charge in [0, 0.05) is 21.2 Å². The number of hydrogen-bond acceptors (Lipinski definition) is 5. The molecule has 7 nitrogen and oxygen atoms in total. The average molecular weight is 648 g/mol. The van der Waals surface area contributed by atoms with Gasteiger partial charge in [-0.2, -0.15) is 0 Å². The lowest BCUT2D eigenvalue weighted by molar-refractivity contribution is -0.116. The maximum absolute atomic E-state index is 13.6. The molecule has 0 aromatic heterocycles. The number of carbonyl (C=O) groups excluding carboxylic acids is 3. The summed E-state index contributed by atoms with van der Waals surface area (Å²) in [5, 5.41) is 8.56. The molecule has 5 aromatic carbocycles. The summed E-state index contributed by atoms with van der Waals surface area (Å²) in [4.78, 5) is 41.0. The molecule has 1 atom stereocenters. The monoisotopic (exact) mass is 647 g/mol. The van der Waals surface area contributed by atoms with Crippen LogP contribution in [0.1, 0.15) is 26.7 Å². The highest BCUT2D eigenvalue weighted by Gasteiger charge is 2.24. The van der Waals surface area contributed by atoms with Crippen molar-refractivity contribution in [2.75, 3.05) is 17.7 Å². The lowest BCUT2D eigenvalue weighted by Crippen LogP contribution is -2.30. The summed E-state index contributed by atoms with van der Waals surface area (Å²) in [6.45, 7) is 0. The number of anilines is 2. The van der Waals surface area contributed by atoms with E-state index in [1.165, 1.54) is 11.8 Å². The number of rotatable bonds is 11. The van der Waals surface area contributed by atoms with Crippen molar-refractivity contribution in [3.8, 4) is 5.75 Å². The molecule has 9 heteroatoms. The lowest BCUT2D eigenvalue weighted by atomic mass is 10.1. The quantitative estimate of drug-likeness (QED) is 0.0991. The fraction of sp³-hybridized carbons (Fsp3) is 0.0541. The summed E-state index contributed by atoms with van der Waals surface area (Å²) in [6, 6.07) is 39.4. The fourth-order valence-electron chi connectivity index (χ4n) is 4.50. The van der Waals surface area contributed by atoms with E-state index in [0.717, 1.165) is 10.5 Å². The van der Waals surface area contributed by atoms with Crippen LogP contribution in [0.5, 0.6) is 5.75 Å². The highest BCUT2D eigenvalue weighted by molar-refractivity contribution is 8.00. The Bertz CT molecular complexity index is 1850. The number of carbonyl (C=O) groups is 3. The minimum Gasteiger partial charge on any atom is -0.495 e. The lowest BCUT2D eigenvalue weighted by Gasteiger charge is -2.19. The van der Waals surface area contributed by atoms with Crippen LogP contribution in [-0.2, 0) is 9.59 Å². The van der Waals surface area contributed by atoms with E-state index in [0.29, 0.717) is 33.3 Å². The van der Waals surface area contributed by atoms with Gasteiger partial charge in [-0.1, -0.05) is 90.5 Å². The third kappa shape index (κ3) is 8.65. The van der Waals surface area contributed by atoms with Gasteiger partial charge in [0.25, 0.3) is 11.8 Å². The number of methoxy groups -OCH3 is 1. The predicted molar refractivity (Wildman–Crippen MR) is 185 cm³/mol. The summed E-state index contributed by atoms with van der Waals surface area (Å²) in [5.74, 6) is -0.618. The topological polar surface area (TPSA) is 96.5 Å². The van der Waals surface area contributed by atoms with E-state index in [4.69, 9.17) is 16.3 Å². The standard InChI is InChI=1S/C37H30ClN3O4S/c1-45-33-18-9-8-17-31(33)40-37(44)34(26-11-4-2-5-12-26)46-30-16-10-15-29(24-30)39-36(43)32(23-25-19-21-28(38)22-20-25)41-35(42)27-13-6-3-7-14-27/h2-24,34H,1H3,(H,39,43)(H,40,44)(H,41,42)/b32-23-. The van der Waals surface area contributed by atoms with Gasteiger partial charge in [-0.05, 0) is 71.8 Å². The number of halogens is 1. The molecule has 3 amide bonds. The third-order valence-corrected chi connectivity index (χ3v) is 8.26. The second-order valence-corrected chi connectivity index (χ2v) is 11.6. The van der Waals surface area contributed by atoms with Gasteiger partial charge in [-0.25, -0.2) is 0 Å². The van der Waals surface area contributed by atoms with Gasteiger partial charge in [0.05, 0.1) is 12.8 Å². The summed E-state index contributed by atoms with van der Waals surface area (Å²) >= 11 is 7.39. The van der Waals surface area contributed by atoms with Gasteiger partial charge in [0.1, 0.15) is 16.7 Å². The number of thioether (sulfide) groups is 1. The van der Waals surface area contributed by atoms with Gasteiger partial charge in [0.15, 0.2) is 0 Å². The van der Waals surface area contributed by atoms with Crippen LogP contribution in [0, 0.1) is 0 Å². The SMILES string of the molecule is COc1ccccc1NC(=O)C(Sc1cccc(NC(=O)/C(=C/c2ccc(Cl)cc2)NC(=O)c2ccccc2)c1)c1ccccc1. The van der Waals surface area contributed by atoms with Crippen LogP contribution in [-0.4, -0.2) is 24.8 Å². The van der Waals surface area contributed by atoms with Crippen molar-refractivity contribution in [3.63, 3.8) is 0 Å². The van der Waals surface area contributed by atoms with Crippen LogP contribution < -0.4 is 20.7 Å². The summed E-state index contributed by atoms with van der Waals surface area (Å²) in [5.41, 5.74) is 3.00. The summed E-state index contributed by atoms with van der Waals surface area (Å²) < 4.78 is 5.42. The number of para-hydroxylation sites is 2. The molecule has 0 spiro atoms. The zero-order chi connectivity index (χ0) is 32.3. The molecule has 0 saturated carbocycles. The van der Waals surface area contributed by atoms with E-state index in [1.54, 1.807) is 92.0 Å². The van der Waals surface area contributed by atoms with Gasteiger partial charge in [-0.15, -0.1) is 11.8 Å². The molecule has 46 heavy (non-hydrogen) atoms. The first-order valence-corrected chi connectivity index (χ1v) is 15.6. The van der Waals surface area contributed by atoms with Crippen LogP contribution in [0.4, 0.5) is 11.4 Å². The molecule has 0 aliphatic rings. The van der Waals surface area contributed by atoms with Gasteiger partial charge in [-0.3, -0.25) is 14.4 Å². The van der Waals surface area contributed by atoms with Gasteiger partial charge in [0.2, 0.25) is 5.91 Å². The summed E-state index contributed by atoms with van der Waals surface area (Å²) in [6.07, 6.45) is 1.58. The Morgan fingerprint density at radius 1 is 0.761 bits per heavy atom. The Hall–Kier alpha value is -5.31. The Kier molecular flexibility index (Phi) is 10.9. The third-order valence-electron chi connectivity index (χ3n) is 6.76. The maximum atomic E-state index is 13.6. The maximum Gasteiger partial charge on any atom is 0.272 e. The molecular formula is C37H30ClN3O4S. The van der Waals surface area contributed by atoms with Crippen LogP contribution in [0.25, 0.3) is 6.08 Å². The summed E-state index contributed by atoms with van der Waals surface area (Å²) in [7, 11) is 1.55. The van der Waals surface area contributed by atoms with E-state index < -0.39 is 17.1 Å². The van der Waals surface area contributed by atoms with Gasteiger partial charge < -0.3 is 20.7 Å². The molecule has 0 aliphatic heterocycles. The molecule has 5 rings (SSSR count).